The number of nitrogens with two attached hydrogens (primary N) is 1. The predicted molar refractivity (Wildman–Crippen MR) is 51.1 cm³/mol. The first-order chi connectivity index (χ1) is 7.11. The van der Waals surface area contributed by atoms with E-state index in [1.54, 1.807) is 13.0 Å². The number of hydrogen-bond acceptors (Lipinski definition) is 5. The van der Waals surface area contributed by atoms with Crippen LogP contribution in [0, 0.1) is 6.92 Å². The minimum atomic E-state index is -0.348. The van der Waals surface area contributed by atoms with E-state index in [4.69, 9.17) is 15.5 Å². The Morgan fingerprint density at radius 2 is 2.53 bits per heavy atom. The molecule has 0 bridgehead atoms. The minimum absolute atomic E-state index is 0.138. The molecular formula is C8H12N4O3. The summed E-state index contributed by atoms with van der Waals surface area (Å²) in [4.78, 5) is 11.1. The van der Waals surface area contributed by atoms with Gasteiger partial charge in [-0.1, -0.05) is 10.3 Å². The zero-order chi connectivity index (χ0) is 11.3. The Kier molecular flexibility index (Phi) is 3.67. The lowest BCUT2D eigenvalue weighted by atomic mass is 10.3. The summed E-state index contributed by atoms with van der Waals surface area (Å²) in [5.74, 6) is 0.0703. The number of amidine groups is 1. The summed E-state index contributed by atoms with van der Waals surface area (Å²) in [5.41, 5.74) is 5.90. The van der Waals surface area contributed by atoms with E-state index in [0.717, 1.165) is 5.69 Å². The second-order valence-corrected chi connectivity index (χ2v) is 2.98. The zero-order valence-electron chi connectivity index (χ0n) is 8.23. The van der Waals surface area contributed by atoms with Gasteiger partial charge in [-0.2, -0.15) is 0 Å². The lowest BCUT2D eigenvalue weighted by Gasteiger charge is -2.00. The van der Waals surface area contributed by atoms with Gasteiger partial charge in [0.2, 0.25) is 5.91 Å². The van der Waals surface area contributed by atoms with Crippen LogP contribution in [-0.4, -0.2) is 22.1 Å². The van der Waals surface area contributed by atoms with Gasteiger partial charge < -0.3 is 20.8 Å². The van der Waals surface area contributed by atoms with Crippen molar-refractivity contribution in [2.45, 2.75) is 19.9 Å². The summed E-state index contributed by atoms with van der Waals surface area (Å²) in [6, 6.07) is 1.71. The van der Waals surface area contributed by atoms with Gasteiger partial charge in [0.15, 0.2) is 5.76 Å². The first-order valence-electron chi connectivity index (χ1n) is 4.27. The first-order valence-corrected chi connectivity index (χ1v) is 4.27. The molecule has 0 saturated carbocycles. The molecule has 0 saturated heterocycles. The fourth-order valence-corrected chi connectivity index (χ4v) is 0.948. The van der Waals surface area contributed by atoms with Gasteiger partial charge in [-0.25, -0.2) is 0 Å². The molecule has 0 aliphatic heterocycles. The van der Waals surface area contributed by atoms with Gasteiger partial charge in [0.05, 0.1) is 18.7 Å². The van der Waals surface area contributed by atoms with E-state index in [0.29, 0.717) is 5.76 Å². The molecule has 1 amide bonds. The van der Waals surface area contributed by atoms with Crippen molar-refractivity contribution in [1.82, 2.24) is 10.5 Å². The van der Waals surface area contributed by atoms with Crippen molar-refractivity contribution in [1.29, 1.82) is 0 Å². The average Bonchev–Trinajstić information content (AvgIpc) is 2.61. The molecular weight excluding hydrogens is 200 g/mol. The molecule has 7 nitrogen and oxygen atoms in total. The van der Waals surface area contributed by atoms with Crippen molar-refractivity contribution in [3.63, 3.8) is 0 Å². The average molecular weight is 212 g/mol. The van der Waals surface area contributed by atoms with Gasteiger partial charge in [0.25, 0.3) is 0 Å². The van der Waals surface area contributed by atoms with Crippen LogP contribution in [0.5, 0.6) is 0 Å². The second-order valence-electron chi connectivity index (χ2n) is 2.98. The summed E-state index contributed by atoms with van der Waals surface area (Å²) < 4.78 is 4.87. The Morgan fingerprint density at radius 1 is 1.80 bits per heavy atom. The maximum absolute atomic E-state index is 11.1. The molecule has 1 heterocycles. The van der Waals surface area contributed by atoms with Crippen LogP contribution in [0.1, 0.15) is 17.9 Å². The molecule has 0 aromatic carbocycles. The molecule has 1 aromatic rings. The van der Waals surface area contributed by atoms with Crippen molar-refractivity contribution < 1.29 is 14.5 Å². The molecule has 7 heteroatoms. The number of hydrogen-bond donors (Lipinski definition) is 3. The second kappa shape index (κ2) is 4.99. The van der Waals surface area contributed by atoms with E-state index in [1.165, 1.54) is 0 Å². The molecule has 0 radical (unpaired) electrons. The van der Waals surface area contributed by atoms with E-state index in [2.05, 4.69) is 15.6 Å². The van der Waals surface area contributed by atoms with E-state index in [1.807, 2.05) is 0 Å². The summed E-state index contributed by atoms with van der Waals surface area (Å²) in [5, 5.41) is 17.1. The minimum Gasteiger partial charge on any atom is -0.409 e. The van der Waals surface area contributed by atoms with Crippen molar-refractivity contribution in [3.05, 3.63) is 17.5 Å². The van der Waals surface area contributed by atoms with Crippen LogP contribution in [0.4, 0.5) is 0 Å². The lowest BCUT2D eigenvalue weighted by molar-refractivity contribution is -0.120. The maximum atomic E-state index is 11.1. The fraction of sp³-hybridized carbons (Fsp3) is 0.375. The Balaban J connectivity index is 2.34. The number of aromatic nitrogens is 1. The highest BCUT2D eigenvalue weighted by Gasteiger charge is 2.06. The van der Waals surface area contributed by atoms with Crippen LogP contribution in [0.3, 0.4) is 0 Å². The topological polar surface area (TPSA) is 114 Å². The number of carbonyl (C=O) groups excluding carboxylic acids is 1. The van der Waals surface area contributed by atoms with Crippen LogP contribution in [0.2, 0.25) is 0 Å². The van der Waals surface area contributed by atoms with Gasteiger partial charge in [0.1, 0.15) is 5.84 Å². The maximum Gasteiger partial charge on any atom is 0.228 e. The molecule has 0 aliphatic carbocycles. The number of nitrogens with one attached hydrogen (secondary N) is 1. The van der Waals surface area contributed by atoms with Crippen molar-refractivity contribution in [2.24, 2.45) is 10.9 Å². The van der Waals surface area contributed by atoms with Crippen molar-refractivity contribution in [2.75, 3.05) is 0 Å². The number of carbonyl (C=O) groups is 1. The van der Waals surface area contributed by atoms with Gasteiger partial charge in [-0.3, -0.25) is 4.79 Å². The SMILES string of the molecule is Cc1cc(CNC(=O)CC(N)=NO)on1. The molecule has 1 rings (SSSR count). The molecule has 82 valence electrons. The standard InChI is InChI=1S/C8H12N4O3/c1-5-2-6(15-12-5)4-10-8(13)3-7(9)11-14/h2,14H,3-4H2,1H3,(H2,9,11)(H,10,13). The highest BCUT2D eigenvalue weighted by Crippen LogP contribution is 2.00. The first kappa shape index (κ1) is 11.0. The Hall–Kier alpha value is -2.05. The van der Waals surface area contributed by atoms with Gasteiger partial charge in [0, 0.05) is 6.07 Å². The van der Waals surface area contributed by atoms with Crippen LogP contribution >= 0.6 is 0 Å². The van der Waals surface area contributed by atoms with E-state index in [-0.39, 0.29) is 24.7 Å². The van der Waals surface area contributed by atoms with Crippen LogP contribution < -0.4 is 11.1 Å². The number of aryl methyl sites for hydroxylation is 1. The Bertz CT molecular complexity index is 372. The summed E-state index contributed by atoms with van der Waals surface area (Å²) in [6.45, 7) is 2.02. The molecule has 0 fully saturated rings. The number of nitrogens with zero attached hydrogens (tertiary/aromatic N) is 2. The quantitative estimate of drug-likeness (QED) is 0.275. The van der Waals surface area contributed by atoms with Crippen molar-refractivity contribution in [3.8, 4) is 0 Å². The summed E-state index contributed by atoms with van der Waals surface area (Å²) in [6.07, 6.45) is -0.149. The van der Waals surface area contributed by atoms with Crippen molar-refractivity contribution >= 4 is 11.7 Å². The van der Waals surface area contributed by atoms with E-state index < -0.39 is 0 Å². The smallest absolute Gasteiger partial charge is 0.228 e. The third kappa shape index (κ3) is 3.67. The molecule has 0 atom stereocenters. The van der Waals surface area contributed by atoms with Gasteiger partial charge in [-0.05, 0) is 6.92 Å². The van der Waals surface area contributed by atoms with Gasteiger partial charge in [-0.15, -0.1) is 0 Å². The summed E-state index contributed by atoms with van der Waals surface area (Å²) in [7, 11) is 0. The molecule has 1 aromatic heterocycles. The van der Waals surface area contributed by atoms with Crippen LogP contribution in [-0.2, 0) is 11.3 Å². The molecule has 15 heavy (non-hydrogen) atoms. The van der Waals surface area contributed by atoms with E-state index in [9.17, 15) is 4.79 Å². The molecule has 0 spiro atoms. The normalized spacial score (nSPS) is 11.4. The number of oxime groups is 1. The predicted octanol–water partition coefficient (Wildman–Crippen LogP) is -0.264. The van der Waals surface area contributed by atoms with Crippen LogP contribution in [0.15, 0.2) is 15.7 Å². The number of amides is 1. The molecule has 0 unspecified atom stereocenters. The highest BCUT2D eigenvalue weighted by molar-refractivity contribution is 5.98. The van der Waals surface area contributed by atoms with Gasteiger partial charge >= 0.3 is 0 Å². The Labute approximate surface area is 85.9 Å². The number of rotatable bonds is 4. The zero-order valence-corrected chi connectivity index (χ0v) is 8.23. The Morgan fingerprint density at radius 3 is 3.07 bits per heavy atom. The fourth-order valence-electron chi connectivity index (χ4n) is 0.948. The molecule has 4 N–H and O–H groups in total. The summed E-state index contributed by atoms with van der Waals surface area (Å²) >= 11 is 0. The third-order valence-electron chi connectivity index (χ3n) is 1.61. The highest BCUT2D eigenvalue weighted by atomic mass is 16.5. The van der Waals surface area contributed by atoms with E-state index >= 15 is 0 Å². The van der Waals surface area contributed by atoms with Crippen LogP contribution in [0.25, 0.3) is 0 Å². The third-order valence-corrected chi connectivity index (χ3v) is 1.61. The monoisotopic (exact) mass is 212 g/mol. The molecule has 0 aliphatic rings. The largest absolute Gasteiger partial charge is 0.409 e. The lowest BCUT2D eigenvalue weighted by Crippen LogP contribution is -2.28.